The topological polar surface area (TPSA) is 94.3 Å². The molecule has 6 heteroatoms. The highest BCUT2D eigenvalue weighted by Crippen LogP contribution is 2.08. The molecule has 3 N–H and O–H groups in total. The van der Waals surface area contributed by atoms with Gasteiger partial charge in [0.05, 0.1) is 5.56 Å². The van der Waals surface area contributed by atoms with Gasteiger partial charge in [-0.25, -0.2) is 9.78 Å². The first-order valence-corrected chi connectivity index (χ1v) is 6.30. The van der Waals surface area contributed by atoms with Crippen LogP contribution in [-0.4, -0.2) is 23.5 Å². The fraction of sp³-hybridized carbons (Fsp3) is 0.133. The summed E-state index contributed by atoms with van der Waals surface area (Å²) in [6, 6.07) is 9.85. The summed E-state index contributed by atoms with van der Waals surface area (Å²) in [7, 11) is 0. The number of nitrogen functional groups attached to an aromatic ring is 1. The third kappa shape index (κ3) is 4.31. The highest BCUT2D eigenvalue weighted by atomic mass is 16.5. The summed E-state index contributed by atoms with van der Waals surface area (Å²) < 4.78 is 4.91. The minimum atomic E-state index is -0.602. The van der Waals surface area contributed by atoms with E-state index in [9.17, 15) is 9.59 Å². The fourth-order valence-electron chi connectivity index (χ4n) is 1.60. The van der Waals surface area contributed by atoms with Gasteiger partial charge in [0.25, 0.3) is 5.91 Å². The van der Waals surface area contributed by atoms with E-state index in [1.54, 1.807) is 30.5 Å². The maximum atomic E-state index is 11.7. The van der Waals surface area contributed by atoms with Crippen molar-refractivity contribution in [3.8, 4) is 0 Å². The van der Waals surface area contributed by atoms with E-state index in [1.807, 2.05) is 13.0 Å². The third-order valence-electron chi connectivity index (χ3n) is 2.64. The molecule has 0 spiro atoms. The minimum absolute atomic E-state index is 0.302. The number of nitrogens with zero attached hydrogens (tertiary/aromatic N) is 1. The Morgan fingerprint density at radius 1 is 1.29 bits per heavy atom. The molecule has 2 aromatic rings. The molecule has 0 atom stereocenters. The van der Waals surface area contributed by atoms with Crippen molar-refractivity contribution >= 4 is 23.4 Å². The van der Waals surface area contributed by atoms with Crippen LogP contribution in [0.3, 0.4) is 0 Å². The quantitative estimate of drug-likeness (QED) is 0.659. The normalized spacial score (nSPS) is 9.95. The van der Waals surface area contributed by atoms with E-state index < -0.39 is 11.9 Å². The van der Waals surface area contributed by atoms with Crippen LogP contribution < -0.4 is 11.1 Å². The van der Waals surface area contributed by atoms with E-state index in [1.165, 1.54) is 6.07 Å². The van der Waals surface area contributed by atoms with Crippen LogP contribution in [0.4, 0.5) is 11.5 Å². The van der Waals surface area contributed by atoms with E-state index in [4.69, 9.17) is 10.5 Å². The van der Waals surface area contributed by atoms with E-state index in [-0.39, 0.29) is 6.61 Å². The molecule has 1 aromatic heterocycles. The summed E-state index contributed by atoms with van der Waals surface area (Å²) in [6.45, 7) is 1.51. The molecule has 0 radical (unpaired) electrons. The van der Waals surface area contributed by atoms with Crippen molar-refractivity contribution in [3.05, 3.63) is 53.7 Å². The summed E-state index contributed by atoms with van der Waals surface area (Å²) in [5.41, 5.74) is 7.32. The van der Waals surface area contributed by atoms with Crippen LogP contribution in [0.1, 0.15) is 15.9 Å². The Balaban J connectivity index is 1.86. The molecule has 2 rings (SSSR count). The van der Waals surface area contributed by atoms with Gasteiger partial charge in [-0.3, -0.25) is 4.79 Å². The van der Waals surface area contributed by atoms with Gasteiger partial charge >= 0.3 is 5.97 Å². The predicted molar refractivity (Wildman–Crippen MR) is 78.7 cm³/mol. The van der Waals surface area contributed by atoms with Crippen LogP contribution in [0.2, 0.25) is 0 Å². The summed E-state index contributed by atoms with van der Waals surface area (Å²) >= 11 is 0. The van der Waals surface area contributed by atoms with Gasteiger partial charge in [0.15, 0.2) is 6.61 Å². The number of carbonyl (C=O) groups excluding carboxylic acids is 2. The first-order chi connectivity index (χ1) is 10.0. The van der Waals surface area contributed by atoms with Crippen molar-refractivity contribution < 1.29 is 14.3 Å². The molecule has 0 saturated heterocycles. The maximum absolute atomic E-state index is 11.7. The zero-order chi connectivity index (χ0) is 15.2. The molecule has 0 bridgehead atoms. The second kappa shape index (κ2) is 6.51. The van der Waals surface area contributed by atoms with Crippen molar-refractivity contribution in [1.82, 2.24) is 4.98 Å². The molecule has 0 unspecified atom stereocenters. The van der Waals surface area contributed by atoms with E-state index in [0.717, 1.165) is 5.56 Å². The summed E-state index contributed by atoms with van der Waals surface area (Å²) in [5.74, 6) is -0.650. The first-order valence-electron chi connectivity index (χ1n) is 6.30. The fourth-order valence-corrected chi connectivity index (χ4v) is 1.60. The molecule has 1 aromatic carbocycles. The van der Waals surface area contributed by atoms with Gasteiger partial charge in [-0.15, -0.1) is 0 Å². The van der Waals surface area contributed by atoms with Crippen LogP contribution >= 0.6 is 0 Å². The molecule has 1 heterocycles. The summed E-state index contributed by atoms with van der Waals surface area (Å²) in [5, 5.41) is 2.54. The molecular formula is C15H15N3O3. The van der Waals surface area contributed by atoms with E-state index >= 15 is 0 Å². The van der Waals surface area contributed by atoms with Crippen LogP contribution in [0.15, 0.2) is 42.6 Å². The molecule has 6 nitrogen and oxygen atoms in total. The van der Waals surface area contributed by atoms with E-state index in [0.29, 0.717) is 17.1 Å². The number of nitrogens with two attached hydrogens (primary N) is 1. The SMILES string of the molecule is Cc1ccc(NC(=O)COC(=O)c2cccc(N)c2)nc1. The molecule has 0 fully saturated rings. The van der Waals surface area contributed by atoms with Crippen molar-refractivity contribution in [1.29, 1.82) is 0 Å². The molecule has 1 amide bonds. The lowest BCUT2D eigenvalue weighted by Crippen LogP contribution is -2.21. The number of esters is 1. The van der Waals surface area contributed by atoms with Gasteiger partial charge in [0.2, 0.25) is 0 Å². The van der Waals surface area contributed by atoms with Crippen LogP contribution in [0.25, 0.3) is 0 Å². The van der Waals surface area contributed by atoms with Gasteiger partial charge in [-0.2, -0.15) is 0 Å². The second-order valence-corrected chi connectivity index (χ2v) is 4.47. The molecular weight excluding hydrogens is 270 g/mol. The number of ether oxygens (including phenoxy) is 1. The van der Waals surface area contributed by atoms with Crippen LogP contribution in [-0.2, 0) is 9.53 Å². The molecule has 0 aliphatic carbocycles. The Labute approximate surface area is 121 Å². The average Bonchev–Trinajstić information content (AvgIpc) is 2.47. The third-order valence-corrected chi connectivity index (χ3v) is 2.64. The zero-order valence-corrected chi connectivity index (χ0v) is 11.5. The predicted octanol–water partition coefficient (Wildman–Crippen LogP) is 1.77. The number of carbonyl (C=O) groups is 2. The number of hydrogen-bond donors (Lipinski definition) is 2. The average molecular weight is 285 g/mol. The molecule has 21 heavy (non-hydrogen) atoms. The number of aryl methyl sites for hydroxylation is 1. The van der Waals surface area contributed by atoms with Gasteiger partial charge in [0, 0.05) is 11.9 Å². The van der Waals surface area contributed by atoms with Crippen molar-refractivity contribution in [2.75, 3.05) is 17.7 Å². The number of rotatable bonds is 4. The van der Waals surface area contributed by atoms with Crippen LogP contribution in [0.5, 0.6) is 0 Å². The van der Waals surface area contributed by atoms with Gasteiger partial charge in [-0.1, -0.05) is 12.1 Å². The number of benzene rings is 1. The van der Waals surface area contributed by atoms with Gasteiger partial charge < -0.3 is 15.8 Å². The molecule has 0 saturated carbocycles. The van der Waals surface area contributed by atoms with Crippen molar-refractivity contribution in [2.45, 2.75) is 6.92 Å². The Bertz CT molecular complexity index is 653. The van der Waals surface area contributed by atoms with Crippen molar-refractivity contribution in [3.63, 3.8) is 0 Å². The molecule has 0 aliphatic heterocycles. The summed E-state index contributed by atoms with van der Waals surface area (Å²) in [6.07, 6.45) is 1.63. The standard InChI is InChI=1S/C15H15N3O3/c1-10-5-6-13(17-8-10)18-14(19)9-21-15(20)11-3-2-4-12(16)7-11/h2-8H,9,16H2,1H3,(H,17,18,19). The first kappa shape index (κ1) is 14.5. The monoisotopic (exact) mass is 285 g/mol. The number of hydrogen-bond acceptors (Lipinski definition) is 5. The van der Waals surface area contributed by atoms with E-state index in [2.05, 4.69) is 10.3 Å². The van der Waals surface area contributed by atoms with Gasteiger partial charge in [0.1, 0.15) is 5.82 Å². The van der Waals surface area contributed by atoms with Crippen LogP contribution in [0, 0.1) is 6.92 Å². The Morgan fingerprint density at radius 2 is 2.10 bits per heavy atom. The Morgan fingerprint density at radius 3 is 2.76 bits per heavy atom. The lowest BCUT2D eigenvalue weighted by Gasteiger charge is -2.06. The minimum Gasteiger partial charge on any atom is -0.452 e. The highest BCUT2D eigenvalue weighted by Gasteiger charge is 2.10. The second-order valence-electron chi connectivity index (χ2n) is 4.47. The Hall–Kier alpha value is -2.89. The number of amides is 1. The zero-order valence-electron chi connectivity index (χ0n) is 11.5. The maximum Gasteiger partial charge on any atom is 0.338 e. The lowest BCUT2D eigenvalue weighted by molar-refractivity contribution is -0.119. The largest absolute Gasteiger partial charge is 0.452 e. The lowest BCUT2D eigenvalue weighted by atomic mass is 10.2. The highest BCUT2D eigenvalue weighted by molar-refractivity contribution is 5.95. The van der Waals surface area contributed by atoms with Crippen molar-refractivity contribution in [2.24, 2.45) is 0 Å². The smallest absolute Gasteiger partial charge is 0.338 e. The molecule has 0 aliphatic rings. The number of aromatic nitrogens is 1. The number of nitrogens with one attached hydrogen (secondary N) is 1. The number of pyridine rings is 1. The van der Waals surface area contributed by atoms with Gasteiger partial charge in [-0.05, 0) is 36.8 Å². The number of anilines is 2. The Kier molecular flexibility index (Phi) is 4.50. The molecule has 108 valence electrons. The summed E-state index contributed by atoms with van der Waals surface area (Å²) in [4.78, 5) is 27.4.